The van der Waals surface area contributed by atoms with E-state index in [4.69, 9.17) is 10.5 Å². The maximum absolute atomic E-state index is 5.87. The number of nitrogens with two attached hydrogens (primary N) is 1. The predicted molar refractivity (Wildman–Crippen MR) is 67.2 cm³/mol. The minimum atomic E-state index is 0.299. The highest BCUT2D eigenvalue weighted by molar-refractivity contribution is 5.93. The standard InChI is InChI=1S/C12H11N5O/c1-17-7-15-12(16-17)18-10-5-6-14-11-8(10)3-2-4-9(11)13/h2-7H,13H2,1H3. The van der Waals surface area contributed by atoms with E-state index in [1.54, 1.807) is 36.4 Å². The van der Waals surface area contributed by atoms with Crippen LogP contribution in [0, 0.1) is 0 Å². The minimum Gasteiger partial charge on any atom is -0.422 e. The van der Waals surface area contributed by atoms with Crippen molar-refractivity contribution in [2.45, 2.75) is 0 Å². The van der Waals surface area contributed by atoms with E-state index in [-0.39, 0.29) is 0 Å². The molecule has 0 saturated heterocycles. The Balaban J connectivity index is 2.09. The molecular weight excluding hydrogens is 230 g/mol. The van der Waals surface area contributed by atoms with Crippen molar-refractivity contribution < 1.29 is 4.74 Å². The van der Waals surface area contributed by atoms with Gasteiger partial charge < -0.3 is 10.5 Å². The van der Waals surface area contributed by atoms with Gasteiger partial charge in [-0.1, -0.05) is 6.07 Å². The highest BCUT2D eigenvalue weighted by Crippen LogP contribution is 2.29. The Hall–Kier alpha value is -2.63. The number of nitrogens with zero attached hydrogens (tertiary/aromatic N) is 4. The van der Waals surface area contributed by atoms with Crippen LogP contribution in [0.4, 0.5) is 5.69 Å². The maximum atomic E-state index is 5.87. The van der Waals surface area contributed by atoms with Crippen LogP contribution in [-0.2, 0) is 7.05 Å². The fourth-order valence-corrected chi connectivity index (χ4v) is 1.73. The van der Waals surface area contributed by atoms with Crippen molar-refractivity contribution in [1.29, 1.82) is 0 Å². The highest BCUT2D eigenvalue weighted by Gasteiger charge is 2.08. The molecule has 2 heterocycles. The van der Waals surface area contributed by atoms with Gasteiger partial charge in [0, 0.05) is 18.6 Å². The van der Waals surface area contributed by atoms with Crippen LogP contribution >= 0.6 is 0 Å². The number of nitrogen functional groups attached to an aromatic ring is 1. The molecule has 6 heteroatoms. The zero-order valence-corrected chi connectivity index (χ0v) is 9.74. The quantitative estimate of drug-likeness (QED) is 0.691. The summed E-state index contributed by atoms with van der Waals surface area (Å²) in [6.07, 6.45) is 3.23. The molecule has 3 rings (SSSR count). The van der Waals surface area contributed by atoms with Gasteiger partial charge in [0.1, 0.15) is 12.1 Å². The number of rotatable bonds is 2. The number of para-hydroxylation sites is 1. The van der Waals surface area contributed by atoms with E-state index in [0.717, 1.165) is 5.39 Å². The molecule has 0 amide bonds. The van der Waals surface area contributed by atoms with E-state index in [1.165, 1.54) is 0 Å². The van der Waals surface area contributed by atoms with Crippen LogP contribution < -0.4 is 10.5 Å². The van der Waals surface area contributed by atoms with E-state index in [1.807, 2.05) is 12.1 Å². The summed E-state index contributed by atoms with van der Waals surface area (Å²) in [7, 11) is 1.78. The number of aromatic nitrogens is 4. The summed E-state index contributed by atoms with van der Waals surface area (Å²) in [5, 5.41) is 4.90. The molecule has 0 spiro atoms. The number of benzene rings is 1. The molecular formula is C12H11N5O. The van der Waals surface area contributed by atoms with Gasteiger partial charge in [-0.2, -0.15) is 4.98 Å². The van der Waals surface area contributed by atoms with E-state index < -0.39 is 0 Å². The first kappa shape index (κ1) is 10.5. The number of fused-ring (bicyclic) bond motifs is 1. The Bertz CT molecular complexity index is 707. The summed E-state index contributed by atoms with van der Waals surface area (Å²) in [6, 6.07) is 7.62. The second-order valence-corrected chi connectivity index (χ2v) is 3.86. The fraction of sp³-hybridized carbons (Fsp3) is 0.0833. The van der Waals surface area contributed by atoms with Crippen LogP contribution in [-0.4, -0.2) is 19.7 Å². The summed E-state index contributed by atoms with van der Waals surface area (Å²) in [5.74, 6) is 0.638. The molecule has 0 radical (unpaired) electrons. The fourth-order valence-electron chi connectivity index (χ4n) is 1.73. The van der Waals surface area contributed by atoms with Crippen LogP contribution in [0.25, 0.3) is 10.9 Å². The highest BCUT2D eigenvalue weighted by atomic mass is 16.5. The topological polar surface area (TPSA) is 78.8 Å². The third-order valence-electron chi connectivity index (χ3n) is 2.54. The Morgan fingerprint density at radius 1 is 1.22 bits per heavy atom. The lowest BCUT2D eigenvalue weighted by Crippen LogP contribution is -1.93. The average Bonchev–Trinajstić information content (AvgIpc) is 2.76. The molecule has 0 atom stereocenters. The van der Waals surface area contributed by atoms with E-state index in [0.29, 0.717) is 23.0 Å². The molecule has 2 N–H and O–H groups in total. The molecule has 0 aliphatic carbocycles. The molecule has 2 aromatic heterocycles. The SMILES string of the molecule is Cn1cnc(Oc2ccnc3c(N)cccc23)n1. The van der Waals surface area contributed by atoms with Crippen LogP contribution in [0.3, 0.4) is 0 Å². The van der Waals surface area contributed by atoms with E-state index >= 15 is 0 Å². The smallest absolute Gasteiger partial charge is 0.341 e. The van der Waals surface area contributed by atoms with E-state index in [9.17, 15) is 0 Å². The largest absolute Gasteiger partial charge is 0.422 e. The van der Waals surface area contributed by atoms with E-state index in [2.05, 4.69) is 15.1 Å². The second-order valence-electron chi connectivity index (χ2n) is 3.86. The zero-order valence-electron chi connectivity index (χ0n) is 9.74. The van der Waals surface area contributed by atoms with Crippen LogP contribution in [0.15, 0.2) is 36.8 Å². The lowest BCUT2D eigenvalue weighted by Gasteiger charge is -2.06. The number of pyridine rings is 1. The number of aryl methyl sites for hydroxylation is 1. The first-order chi connectivity index (χ1) is 8.74. The third kappa shape index (κ3) is 1.73. The number of anilines is 1. The Kier molecular flexibility index (Phi) is 2.33. The molecule has 90 valence electrons. The van der Waals surface area contributed by atoms with Gasteiger partial charge in [-0.15, -0.1) is 5.10 Å². The number of hydrogen-bond acceptors (Lipinski definition) is 5. The minimum absolute atomic E-state index is 0.299. The van der Waals surface area contributed by atoms with Gasteiger partial charge in [0.2, 0.25) is 0 Å². The lowest BCUT2D eigenvalue weighted by atomic mass is 10.2. The van der Waals surface area contributed by atoms with Gasteiger partial charge in [-0.25, -0.2) is 0 Å². The van der Waals surface area contributed by atoms with Crippen molar-refractivity contribution in [3.8, 4) is 11.8 Å². The first-order valence-corrected chi connectivity index (χ1v) is 5.41. The summed E-state index contributed by atoms with van der Waals surface area (Å²) >= 11 is 0. The normalized spacial score (nSPS) is 10.7. The van der Waals surface area contributed by atoms with Crippen molar-refractivity contribution in [3.05, 3.63) is 36.8 Å². The van der Waals surface area contributed by atoms with Crippen LogP contribution in [0.2, 0.25) is 0 Å². The maximum Gasteiger partial charge on any atom is 0.341 e. The van der Waals surface area contributed by atoms with Gasteiger partial charge >= 0.3 is 6.01 Å². The number of hydrogen-bond donors (Lipinski definition) is 1. The molecule has 0 fully saturated rings. The molecule has 0 unspecified atom stereocenters. The molecule has 1 aromatic carbocycles. The summed E-state index contributed by atoms with van der Waals surface area (Å²) in [6.45, 7) is 0. The predicted octanol–water partition coefficient (Wildman–Crippen LogP) is 1.74. The Morgan fingerprint density at radius 3 is 2.89 bits per heavy atom. The summed E-state index contributed by atoms with van der Waals surface area (Å²) in [5.41, 5.74) is 7.20. The number of ether oxygens (including phenoxy) is 1. The second kappa shape index (κ2) is 3.99. The van der Waals surface area contributed by atoms with Gasteiger partial charge in [-0.3, -0.25) is 9.67 Å². The zero-order chi connectivity index (χ0) is 12.5. The Labute approximate surface area is 103 Å². The van der Waals surface area contributed by atoms with Gasteiger partial charge in [0.25, 0.3) is 0 Å². The molecule has 18 heavy (non-hydrogen) atoms. The lowest BCUT2D eigenvalue weighted by molar-refractivity contribution is 0.443. The van der Waals surface area contributed by atoms with Crippen molar-refractivity contribution in [1.82, 2.24) is 19.7 Å². The molecule has 3 aromatic rings. The molecule has 6 nitrogen and oxygen atoms in total. The average molecular weight is 241 g/mol. The van der Waals surface area contributed by atoms with Crippen molar-refractivity contribution in [3.63, 3.8) is 0 Å². The van der Waals surface area contributed by atoms with Crippen molar-refractivity contribution >= 4 is 16.6 Å². The molecule has 0 aliphatic rings. The first-order valence-electron chi connectivity index (χ1n) is 5.41. The Morgan fingerprint density at radius 2 is 2.11 bits per heavy atom. The van der Waals surface area contributed by atoms with Crippen LogP contribution in [0.1, 0.15) is 0 Å². The van der Waals surface area contributed by atoms with Gasteiger partial charge in [-0.05, 0) is 18.2 Å². The summed E-state index contributed by atoms with van der Waals surface area (Å²) < 4.78 is 7.21. The van der Waals surface area contributed by atoms with Gasteiger partial charge in [0.15, 0.2) is 0 Å². The van der Waals surface area contributed by atoms with Crippen molar-refractivity contribution in [2.75, 3.05) is 5.73 Å². The monoisotopic (exact) mass is 241 g/mol. The van der Waals surface area contributed by atoms with Gasteiger partial charge in [0.05, 0.1) is 11.2 Å². The van der Waals surface area contributed by atoms with Crippen molar-refractivity contribution in [2.24, 2.45) is 7.05 Å². The molecule has 0 bridgehead atoms. The third-order valence-corrected chi connectivity index (χ3v) is 2.54. The van der Waals surface area contributed by atoms with Crippen LogP contribution in [0.5, 0.6) is 11.8 Å². The summed E-state index contributed by atoms with van der Waals surface area (Å²) in [4.78, 5) is 8.26. The molecule has 0 aliphatic heterocycles. The molecule has 0 saturated carbocycles.